The van der Waals surface area contributed by atoms with Gasteiger partial charge in [0.25, 0.3) is 0 Å². The molecule has 112 valence electrons. The van der Waals surface area contributed by atoms with Crippen LogP contribution in [-0.4, -0.2) is 24.4 Å². The van der Waals surface area contributed by atoms with Crippen LogP contribution in [0.5, 0.6) is 23.0 Å². The van der Waals surface area contributed by atoms with E-state index in [1.165, 1.54) is 7.11 Å². The van der Waals surface area contributed by atoms with Gasteiger partial charge in [-0.2, -0.15) is 0 Å². The Morgan fingerprint density at radius 2 is 1.62 bits per heavy atom. The first kappa shape index (κ1) is 15.0. The predicted molar refractivity (Wildman–Crippen MR) is 81.3 cm³/mol. The average molecular weight is 288 g/mol. The smallest absolute Gasteiger partial charge is 0.160 e. The Morgan fingerprint density at radius 1 is 0.857 bits per heavy atom. The molecular formula is C17H20O4. The largest absolute Gasteiger partial charge is 0.508 e. The van der Waals surface area contributed by atoms with Crippen molar-refractivity contribution in [3.05, 3.63) is 47.5 Å². The lowest BCUT2D eigenvalue weighted by Crippen LogP contribution is -1.92. The van der Waals surface area contributed by atoms with E-state index in [-0.39, 0.29) is 11.5 Å². The molecule has 0 aliphatic carbocycles. The minimum Gasteiger partial charge on any atom is -0.508 e. The molecule has 2 aromatic rings. The number of ether oxygens (including phenoxy) is 2. The van der Waals surface area contributed by atoms with Crippen LogP contribution in [0.1, 0.15) is 17.5 Å². The first-order valence-corrected chi connectivity index (χ1v) is 6.85. The molecule has 21 heavy (non-hydrogen) atoms. The molecule has 0 heterocycles. The summed E-state index contributed by atoms with van der Waals surface area (Å²) in [6, 6.07) is 10.7. The Labute approximate surface area is 124 Å². The van der Waals surface area contributed by atoms with Crippen molar-refractivity contribution in [2.45, 2.75) is 19.3 Å². The molecule has 0 aliphatic rings. The van der Waals surface area contributed by atoms with Gasteiger partial charge in [0.1, 0.15) is 11.5 Å². The van der Waals surface area contributed by atoms with Gasteiger partial charge in [-0.25, -0.2) is 0 Å². The number of benzene rings is 2. The van der Waals surface area contributed by atoms with Gasteiger partial charge in [-0.1, -0.05) is 6.07 Å². The van der Waals surface area contributed by atoms with Crippen LogP contribution in [0.25, 0.3) is 0 Å². The van der Waals surface area contributed by atoms with Gasteiger partial charge in [-0.3, -0.25) is 0 Å². The number of hydrogen-bond donors (Lipinski definition) is 2. The number of methoxy groups -OCH3 is 2. The highest BCUT2D eigenvalue weighted by molar-refractivity contribution is 5.42. The van der Waals surface area contributed by atoms with Crippen molar-refractivity contribution in [2.24, 2.45) is 0 Å². The lowest BCUT2D eigenvalue weighted by molar-refractivity contribution is 0.373. The summed E-state index contributed by atoms with van der Waals surface area (Å²) in [6.45, 7) is 0. The average Bonchev–Trinajstić information content (AvgIpc) is 2.47. The maximum absolute atomic E-state index is 9.74. The quantitative estimate of drug-likeness (QED) is 0.856. The van der Waals surface area contributed by atoms with Gasteiger partial charge in [0.05, 0.1) is 14.2 Å². The van der Waals surface area contributed by atoms with Gasteiger partial charge >= 0.3 is 0 Å². The third kappa shape index (κ3) is 4.05. The fourth-order valence-electron chi connectivity index (χ4n) is 2.29. The molecule has 0 fully saturated rings. The van der Waals surface area contributed by atoms with Crippen LogP contribution in [0.15, 0.2) is 36.4 Å². The van der Waals surface area contributed by atoms with Gasteiger partial charge in [0.2, 0.25) is 0 Å². The van der Waals surface area contributed by atoms with E-state index in [4.69, 9.17) is 9.47 Å². The van der Waals surface area contributed by atoms with E-state index in [9.17, 15) is 10.2 Å². The van der Waals surface area contributed by atoms with Gasteiger partial charge in [0.15, 0.2) is 11.5 Å². The Kier molecular flexibility index (Phi) is 4.93. The van der Waals surface area contributed by atoms with Crippen molar-refractivity contribution in [3.63, 3.8) is 0 Å². The molecule has 0 aromatic heterocycles. The molecule has 2 rings (SSSR count). The van der Waals surface area contributed by atoms with Crippen LogP contribution in [0.3, 0.4) is 0 Å². The lowest BCUT2D eigenvalue weighted by Gasteiger charge is -2.08. The number of hydrogen-bond acceptors (Lipinski definition) is 4. The Balaban J connectivity index is 1.95. The van der Waals surface area contributed by atoms with Gasteiger partial charge in [-0.15, -0.1) is 0 Å². The SMILES string of the molecule is COc1cc(O)cc(CCCc2ccc(OC)c(O)c2)c1. The standard InChI is InChI=1S/C17H20O4/c1-20-15-9-13(8-14(18)11-15)5-3-4-12-6-7-17(21-2)16(19)10-12/h6-11,18-19H,3-5H2,1-2H3. The van der Waals surface area contributed by atoms with Gasteiger partial charge < -0.3 is 19.7 Å². The fourth-order valence-corrected chi connectivity index (χ4v) is 2.29. The highest BCUT2D eigenvalue weighted by Gasteiger charge is 2.04. The van der Waals surface area contributed by atoms with Crippen molar-refractivity contribution in [1.82, 2.24) is 0 Å². The van der Waals surface area contributed by atoms with Crippen LogP contribution < -0.4 is 9.47 Å². The van der Waals surface area contributed by atoms with Gasteiger partial charge in [-0.05, 0) is 54.7 Å². The second-order valence-electron chi connectivity index (χ2n) is 4.90. The van der Waals surface area contributed by atoms with Gasteiger partial charge in [0, 0.05) is 6.07 Å². The summed E-state index contributed by atoms with van der Waals surface area (Å²) >= 11 is 0. The first-order chi connectivity index (χ1) is 10.1. The van der Waals surface area contributed by atoms with Crippen LogP contribution in [0.2, 0.25) is 0 Å². The summed E-state index contributed by atoms with van der Waals surface area (Å²) in [6.07, 6.45) is 2.59. The normalized spacial score (nSPS) is 10.4. The first-order valence-electron chi connectivity index (χ1n) is 6.85. The summed E-state index contributed by atoms with van der Waals surface area (Å²) in [5, 5.41) is 19.3. The second kappa shape index (κ2) is 6.88. The van der Waals surface area contributed by atoms with E-state index in [1.807, 2.05) is 12.1 Å². The summed E-state index contributed by atoms with van der Waals surface area (Å²) < 4.78 is 10.2. The highest BCUT2D eigenvalue weighted by atomic mass is 16.5. The van der Waals surface area contributed by atoms with E-state index >= 15 is 0 Å². The zero-order chi connectivity index (χ0) is 15.2. The molecule has 0 amide bonds. The number of aromatic hydroxyl groups is 2. The zero-order valence-corrected chi connectivity index (χ0v) is 12.3. The monoisotopic (exact) mass is 288 g/mol. The van der Waals surface area contributed by atoms with E-state index in [0.29, 0.717) is 11.5 Å². The van der Waals surface area contributed by atoms with E-state index in [2.05, 4.69) is 0 Å². The molecule has 2 aromatic carbocycles. The molecule has 0 radical (unpaired) electrons. The topological polar surface area (TPSA) is 58.9 Å². The Morgan fingerprint density at radius 3 is 2.29 bits per heavy atom. The molecule has 2 N–H and O–H groups in total. The van der Waals surface area contributed by atoms with Crippen LogP contribution in [-0.2, 0) is 12.8 Å². The Bertz CT molecular complexity index is 608. The molecule has 0 aliphatic heterocycles. The number of phenols is 2. The predicted octanol–water partition coefficient (Wildman–Crippen LogP) is 3.29. The second-order valence-corrected chi connectivity index (χ2v) is 4.90. The molecule has 0 saturated heterocycles. The number of rotatable bonds is 6. The third-order valence-corrected chi connectivity index (χ3v) is 3.36. The van der Waals surface area contributed by atoms with E-state index in [1.54, 1.807) is 31.4 Å². The highest BCUT2D eigenvalue weighted by Crippen LogP contribution is 2.27. The van der Waals surface area contributed by atoms with Crippen LogP contribution in [0.4, 0.5) is 0 Å². The molecular weight excluding hydrogens is 268 g/mol. The summed E-state index contributed by atoms with van der Waals surface area (Å²) in [5.74, 6) is 1.52. The van der Waals surface area contributed by atoms with Crippen molar-refractivity contribution in [2.75, 3.05) is 14.2 Å². The lowest BCUT2D eigenvalue weighted by atomic mass is 10.0. The van der Waals surface area contributed by atoms with Crippen LogP contribution >= 0.6 is 0 Å². The summed E-state index contributed by atoms with van der Waals surface area (Å²) in [4.78, 5) is 0. The zero-order valence-electron chi connectivity index (χ0n) is 12.3. The fraction of sp³-hybridized carbons (Fsp3) is 0.294. The third-order valence-electron chi connectivity index (χ3n) is 3.36. The molecule has 0 atom stereocenters. The molecule has 0 unspecified atom stereocenters. The molecule has 4 nitrogen and oxygen atoms in total. The molecule has 0 saturated carbocycles. The molecule has 0 bridgehead atoms. The maximum Gasteiger partial charge on any atom is 0.160 e. The van der Waals surface area contributed by atoms with E-state index < -0.39 is 0 Å². The van der Waals surface area contributed by atoms with Crippen molar-refractivity contribution < 1.29 is 19.7 Å². The number of phenolic OH excluding ortho intramolecular Hbond substituents is 2. The summed E-state index contributed by atoms with van der Waals surface area (Å²) in [7, 11) is 3.11. The maximum atomic E-state index is 9.74. The van der Waals surface area contributed by atoms with Crippen molar-refractivity contribution in [3.8, 4) is 23.0 Å². The Hall–Kier alpha value is -2.36. The van der Waals surface area contributed by atoms with Crippen LogP contribution in [0, 0.1) is 0 Å². The molecule has 4 heteroatoms. The van der Waals surface area contributed by atoms with Crippen molar-refractivity contribution in [1.29, 1.82) is 0 Å². The minimum absolute atomic E-state index is 0.161. The number of aryl methyl sites for hydroxylation is 2. The van der Waals surface area contributed by atoms with Crippen molar-refractivity contribution >= 4 is 0 Å². The minimum atomic E-state index is 0.161. The summed E-state index contributed by atoms with van der Waals surface area (Å²) in [5.41, 5.74) is 2.09. The van der Waals surface area contributed by atoms with E-state index in [0.717, 1.165) is 30.4 Å². The molecule has 0 spiro atoms.